The average Bonchev–Trinajstić information content (AvgIpc) is 3.29. The number of carbonyl (C=O) groups is 1. The van der Waals surface area contributed by atoms with Crippen molar-refractivity contribution in [1.82, 2.24) is 5.32 Å². The summed E-state index contributed by atoms with van der Waals surface area (Å²) in [6.45, 7) is 3.38. The molecule has 1 fully saturated rings. The Hall–Kier alpha value is -1.16. The van der Waals surface area contributed by atoms with Crippen LogP contribution >= 0.6 is 0 Å². The fourth-order valence-electron chi connectivity index (χ4n) is 9.05. The number of unbranched alkanes of at least 4 members (excludes halogenated alkanes) is 36. The predicted octanol–water partition coefficient (Wildman–Crippen LogP) is 12.3. The lowest BCUT2D eigenvalue weighted by Gasteiger charge is -2.41. The van der Waals surface area contributed by atoms with Crippen molar-refractivity contribution in [3.05, 3.63) is 12.2 Å². The molecule has 392 valence electrons. The van der Waals surface area contributed by atoms with Gasteiger partial charge >= 0.3 is 10.4 Å². The lowest BCUT2D eigenvalue weighted by molar-refractivity contribution is -0.298. The van der Waals surface area contributed by atoms with Crippen molar-refractivity contribution < 1.29 is 51.8 Å². The van der Waals surface area contributed by atoms with Crippen LogP contribution in [-0.2, 0) is 28.9 Å². The van der Waals surface area contributed by atoms with E-state index in [0.717, 1.165) is 44.9 Å². The Bertz CT molecular complexity index is 1220. The lowest BCUT2D eigenvalue weighted by Crippen LogP contribution is -2.61. The largest absolute Gasteiger partial charge is 0.397 e. The molecule has 0 spiro atoms. The number of amides is 1. The minimum atomic E-state index is -5.08. The number of hydrogen-bond acceptors (Lipinski definition) is 10. The fourth-order valence-corrected chi connectivity index (χ4v) is 9.55. The number of allylic oxidation sites excluding steroid dienone is 1. The van der Waals surface area contributed by atoms with E-state index >= 15 is 0 Å². The van der Waals surface area contributed by atoms with Gasteiger partial charge < -0.3 is 35.2 Å². The summed E-state index contributed by atoms with van der Waals surface area (Å²) in [5, 5.41) is 44.7. The fraction of sp³-hybridized carbons (Fsp3) is 0.943. The number of nitrogens with one attached hydrogen (secondary N) is 1. The summed E-state index contributed by atoms with van der Waals surface area (Å²) in [5.74, 6) is -0.260. The zero-order chi connectivity index (χ0) is 48.4. The van der Waals surface area contributed by atoms with E-state index in [1.807, 2.05) is 6.08 Å². The minimum Gasteiger partial charge on any atom is -0.394 e. The second kappa shape index (κ2) is 43.8. The highest BCUT2D eigenvalue weighted by atomic mass is 32.3. The predicted molar refractivity (Wildman–Crippen MR) is 269 cm³/mol. The zero-order valence-corrected chi connectivity index (χ0v) is 43.1. The first-order valence-corrected chi connectivity index (χ1v) is 28.9. The molecule has 7 atom stereocenters. The second-order valence-electron chi connectivity index (χ2n) is 19.5. The summed E-state index contributed by atoms with van der Waals surface area (Å²) in [7, 11) is -5.08. The Morgan fingerprint density at radius 3 is 1.32 bits per heavy atom. The first-order valence-electron chi connectivity index (χ1n) is 27.6. The normalized spacial score (nSPS) is 20.0. The highest BCUT2D eigenvalue weighted by Gasteiger charge is 2.48. The summed E-state index contributed by atoms with van der Waals surface area (Å²) in [5.41, 5.74) is 0. The van der Waals surface area contributed by atoms with Crippen molar-refractivity contribution in [3.8, 4) is 0 Å². The third-order valence-electron chi connectivity index (χ3n) is 13.3. The van der Waals surface area contributed by atoms with Crippen LogP contribution in [0.5, 0.6) is 0 Å². The molecule has 0 radical (unpaired) electrons. The number of hydrogen-bond donors (Lipinski definition) is 6. The minimum absolute atomic E-state index is 0.260. The molecule has 7 unspecified atom stereocenters. The van der Waals surface area contributed by atoms with Crippen LogP contribution in [0.1, 0.15) is 264 Å². The van der Waals surface area contributed by atoms with Gasteiger partial charge in [-0.1, -0.05) is 251 Å². The summed E-state index contributed by atoms with van der Waals surface area (Å²) >= 11 is 0. The van der Waals surface area contributed by atoms with Gasteiger partial charge in [-0.2, -0.15) is 8.42 Å². The van der Waals surface area contributed by atoms with Crippen LogP contribution in [0, 0.1) is 0 Å². The molecule has 1 amide bonds. The lowest BCUT2D eigenvalue weighted by atomic mass is 9.99. The van der Waals surface area contributed by atoms with Crippen LogP contribution in [0.15, 0.2) is 12.2 Å². The van der Waals surface area contributed by atoms with Crippen molar-refractivity contribution in [2.45, 2.75) is 307 Å². The van der Waals surface area contributed by atoms with Crippen LogP contribution < -0.4 is 5.32 Å². The van der Waals surface area contributed by atoms with Crippen LogP contribution in [0.2, 0.25) is 0 Å². The summed E-state index contributed by atoms with van der Waals surface area (Å²) < 4.78 is 47.6. The van der Waals surface area contributed by atoms with E-state index < -0.39 is 59.9 Å². The first-order chi connectivity index (χ1) is 32.0. The van der Waals surface area contributed by atoms with Gasteiger partial charge in [0.15, 0.2) is 6.29 Å². The molecule has 0 aliphatic carbocycles. The highest BCUT2D eigenvalue weighted by molar-refractivity contribution is 7.80. The molecule has 0 saturated carbocycles. The van der Waals surface area contributed by atoms with Gasteiger partial charge in [0.25, 0.3) is 0 Å². The molecule has 1 saturated heterocycles. The molecule has 0 aromatic rings. The first kappa shape index (κ1) is 62.9. The molecular weight excluding hydrogens is 859 g/mol. The van der Waals surface area contributed by atoms with Gasteiger partial charge in [0, 0.05) is 6.42 Å². The van der Waals surface area contributed by atoms with Gasteiger partial charge in [-0.3, -0.25) is 9.35 Å². The third kappa shape index (κ3) is 35.9. The summed E-state index contributed by atoms with van der Waals surface area (Å²) in [4.78, 5) is 13.0. The maximum absolute atomic E-state index is 13.0. The SMILES string of the molecule is CCCCCCCCC/C=C/C(O)C(COC1OC(CO)C(O)C(OS(=O)(=O)O)C1O)NC(=O)CCCCCCCCCCCCCCCCCCCCCCCCCCCCCCCC. The third-order valence-corrected chi connectivity index (χ3v) is 13.8. The smallest absolute Gasteiger partial charge is 0.394 e. The van der Waals surface area contributed by atoms with Crippen molar-refractivity contribution >= 4 is 16.3 Å². The van der Waals surface area contributed by atoms with Crippen LogP contribution in [0.4, 0.5) is 0 Å². The number of ether oxygens (including phenoxy) is 2. The molecule has 12 nitrogen and oxygen atoms in total. The van der Waals surface area contributed by atoms with Crippen LogP contribution in [0.3, 0.4) is 0 Å². The van der Waals surface area contributed by atoms with Gasteiger partial charge in [-0.05, 0) is 19.3 Å². The molecule has 0 aromatic carbocycles. The number of aliphatic hydroxyl groups is 4. The van der Waals surface area contributed by atoms with E-state index in [9.17, 15) is 38.2 Å². The van der Waals surface area contributed by atoms with Gasteiger partial charge in [0.05, 0.1) is 25.4 Å². The molecule has 0 bridgehead atoms. The maximum Gasteiger partial charge on any atom is 0.397 e. The van der Waals surface area contributed by atoms with Crippen molar-refractivity contribution in [2.75, 3.05) is 13.2 Å². The Balaban J connectivity index is 2.20. The van der Waals surface area contributed by atoms with Crippen molar-refractivity contribution in [2.24, 2.45) is 0 Å². The Morgan fingerprint density at radius 2 is 0.955 bits per heavy atom. The molecular formula is C53H103NO11S. The van der Waals surface area contributed by atoms with Crippen molar-refractivity contribution in [3.63, 3.8) is 0 Å². The van der Waals surface area contributed by atoms with E-state index in [1.54, 1.807) is 6.08 Å². The standard InChI is InChI=1S/C53H103NO11S/c1-3-5-7-9-11-13-14-15-16-17-18-19-20-21-22-23-24-25-26-27-28-29-30-31-32-33-35-37-39-41-43-49(57)54-46(47(56)42-40-38-36-34-12-10-8-6-4-2)45-63-53-51(59)52(65-66(60,61)62)50(58)48(44-55)64-53/h40,42,46-48,50-53,55-56,58-59H,3-39,41,43-45H2,1-2H3,(H,54,57)(H,60,61,62)/b42-40+. The summed E-state index contributed by atoms with van der Waals surface area (Å²) in [6, 6.07) is -0.937. The number of rotatable bonds is 48. The molecule has 13 heteroatoms. The van der Waals surface area contributed by atoms with E-state index in [-0.39, 0.29) is 18.9 Å². The van der Waals surface area contributed by atoms with Gasteiger partial charge in [-0.15, -0.1) is 0 Å². The zero-order valence-electron chi connectivity index (χ0n) is 42.3. The Labute approximate surface area is 404 Å². The molecule has 66 heavy (non-hydrogen) atoms. The Morgan fingerprint density at radius 1 is 0.591 bits per heavy atom. The van der Waals surface area contributed by atoms with E-state index in [4.69, 9.17) is 9.47 Å². The van der Waals surface area contributed by atoms with E-state index in [2.05, 4.69) is 23.3 Å². The van der Waals surface area contributed by atoms with Gasteiger partial charge in [0.1, 0.15) is 24.4 Å². The molecule has 6 N–H and O–H groups in total. The topological polar surface area (TPSA) is 192 Å². The van der Waals surface area contributed by atoms with E-state index in [0.29, 0.717) is 6.42 Å². The van der Waals surface area contributed by atoms with E-state index in [1.165, 1.54) is 193 Å². The molecule has 1 aliphatic heterocycles. The van der Waals surface area contributed by atoms with Crippen LogP contribution in [0.25, 0.3) is 0 Å². The average molecular weight is 962 g/mol. The number of carbonyl (C=O) groups excluding carboxylic acids is 1. The molecule has 1 rings (SSSR count). The maximum atomic E-state index is 13.0. The summed E-state index contributed by atoms with van der Waals surface area (Å²) in [6.07, 6.45) is 43.0. The van der Waals surface area contributed by atoms with Crippen molar-refractivity contribution in [1.29, 1.82) is 0 Å². The molecule has 0 aromatic heterocycles. The Kier molecular flexibility index (Phi) is 41.7. The highest BCUT2D eigenvalue weighted by Crippen LogP contribution is 2.26. The monoisotopic (exact) mass is 962 g/mol. The molecule has 1 aliphatic rings. The van der Waals surface area contributed by atoms with Gasteiger partial charge in [-0.25, -0.2) is 4.18 Å². The quantitative estimate of drug-likeness (QED) is 0.0193. The number of aliphatic hydroxyl groups excluding tert-OH is 4. The van der Waals surface area contributed by atoms with Gasteiger partial charge in [0.2, 0.25) is 5.91 Å². The van der Waals surface area contributed by atoms with Crippen LogP contribution in [-0.4, -0.2) is 95.4 Å². The molecule has 1 heterocycles. The second-order valence-corrected chi connectivity index (χ2v) is 20.6.